The van der Waals surface area contributed by atoms with Crippen molar-refractivity contribution in [3.8, 4) is 0 Å². The van der Waals surface area contributed by atoms with Gasteiger partial charge < -0.3 is 9.47 Å². The van der Waals surface area contributed by atoms with Gasteiger partial charge in [0, 0.05) is 45.9 Å². The maximum absolute atomic E-state index is 5.25. The zero-order valence-corrected chi connectivity index (χ0v) is 18.7. The number of hydrogen-bond acceptors (Lipinski definition) is 4. The van der Waals surface area contributed by atoms with Gasteiger partial charge >= 0.3 is 0 Å². The van der Waals surface area contributed by atoms with Crippen molar-refractivity contribution < 1.29 is 9.47 Å². The van der Waals surface area contributed by atoms with Crippen LogP contribution in [0.2, 0.25) is 0 Å². The lowest BCUT2D eigenvalue weighted by Crippen LogP contribution is -2.28. The van der Waals surface area contributed by atoms with E-state index in [9.17, 15) is 0 Å². The SMILES string of the molecule is COCCCN=c1cc2cccc3c4cccc5cccc(c(c1=NCCCOC)c23)c54. The Morgan fingerprint density at radius 3 is 1.91 bits per heavy atom. The Kier molecular flexibility index (Phi) is 5.97. The van der Waals surface area contributed by atoms with Crippen molar-refractivity contribution in [1.29, 1.82) is 0 Å². The molecule has 0 aliphatic rings. The lowest BCUT2D eigenvalue weighted by molar-refractivity contribution is 0.196. The van der Waals surface area contributed by atoms with E-state index in [1.54, 1.807) is 14.2 Å². The van der Waals surface area contributed by atoms with Crippen LogP contribution in [0.25, 0.3) is 43.1 Å². The molecule has 0 atom stereocenters. The van der Waals surface area contributed by atoms with Crippen LogP contribution in [0.3, 0.4) is 0 Å². The maximum atomic E-state index is 5.25. The molecule has 4 heteroatoms. The van der Waals surface area contributed by atoms with Gasteiger partial charge in [0.2, 0.25) is 0 Å². The second-order valence-electron chi connectivity index (χ2n) is 8.19. The van der Waals surface area contributed by atoms with E-state index in [0.717, 1.165) is 30.1 Å². The number of methoxy groups -OCH3 is 2. The van der Waals surface area contributed by atoms with Crippen LogP contribution in [0, 0.1) is 0 Å². The molecule has 4 nitrogen and oxygen atoms in total. The molecule has 0 aliphatic heterocycles. The normalized spacial score (nSPS) is 13.4. The van der Waals surface area contributed by atoms with Gasteiger partial charge in [-0.25, -0.2) is 0 Å². The minimum Gasteiger partial charge on any atom is -0.385 e. The molecule has 0 bridgehead atoms. The summed E-state index contributed by atoms with van der Waals surface area (Å²) in [4.78, 5) is 10.1. The Morgan fingerprint density at radius 2 is 1.22 bits per heavy atom. The monoisotopic (exact) mass is 424 g/mol. The topological polar surface area (TPSA) is 43.2 Å². The Hall–Kier alpha value is -3.08. The van der Waals surface area contributed by atoms with Crippen LogP contribution in [-0.4, -0.2) is 40.5 Å². The van der Waals surface area contributed by atoms with Gasteiger partial charge in [-0.2, -0.15) is 0 Å². The van der Waals surface area contributed by atoms with Crippen molar-refractivity contribution in [1.82, 2.24) is 0 Å². The smallest absolute Gasteiger partial charge is 0.0911 e. The molecular formula is C28H28N2O2. The predicted octanol–water partition coefficient (Wildman–Crippen LogP) is 5.05. The summed E-state index contributed by atoms with van der Waals surface area (Å²) in [6, 6.07) is 22.0. The van der Waals surface area contributed by atoms with Crippen molar-refractivity contribution >= 4 is 43.1 Å². The molecule has 0 aromatic heterocycles. The Balaban J connectivity index is 1.92. The first kappa shape index (κ1) is 20.8. The Bertz CT molecular complexity index is 1500. The third kappa shape index (κ3) is 3.60. The van der Waals surface area contributed by atoms with E-state index in [-0.39, 0.29) is 0 Å². The molecule has 0 saturated heterocycles. The van der Waals surface area contributed by atoms with Gasteiger partial charge in [-0.1, -0.05) is 54.6 Å². The maximum Gasteiger partial charge on any atom is 0.0911 e. The number of ether oxygens (including phenoxy) is 2. The van der Waals surface area contributed by atoms with Crippen LogP contribution >= 0.6 is 0 Å². The summed E-state index contributed by atoms with van der Waals surface area (Å²) in [6.45, 7) is 2.85. The minimum absolute atomic E-state index is 0.705. The van der Waals surface area contributed by atoms with Crippen LogP contribution in [-0.2, 0) is 9.47 Å². The Labute approximate surface area is 187 Å². The molecule has 5 rings (SSSR count). The molecule has 0 amide bonds. The first-order chi connectivity index (χ1) is 15.8. The molecule has 5 aromatic carbocycles. The molecule has 0 spiro atoms. The van der Waals surface area contributed by atoms with E-state index < -0.39 is 0 Å². The van der Waals surface area contributed by atoms with Crippen LogP contribution in [0.15, 0.2) is 70.6 Å². The lowest BCUT2D eigenvalue weighted by Gasteiger charge is -2.14. The van der Waals surface area contributed by atoms with E-state index in [1.807, 2.05) is 0 Å². The zero-order chi connectivity index (χ0) is 21.9. The third-order valence-corrected chi connectivity index (χ3v) is 6.15. The highest BCUT2D eigenvalue weighted by Crippen LogP contribution is 2.38. The average molecular weight is 425 g/mol. The highest BCUT2D eigenvalue weighted by molar-refractivity contribution is 6.32. The molecule has 162 valence electrons. The van der Waals surface area contributed by atoms with Crippen molar-refractivity contribution in [3.63, 3.8) is 0 Å². The summed E-state index contributed by atoms with van der Waals surface area (Å²) in [7, 11) is 3.47. The van der Waals surface area contributed by atoms with Crippen LogP contribution in [0.4, 0.5) is 0 Å². The third-order valence-electron chi connectivity index (χ3n) is 6.15. The summed E-state index contributed by atoms with van der Waals surface area (Å²) in [6.07, 6.45) is 1.78. The highest BCUT2D eigenvalue weighted by atomic mass is 16.5. The van der Waals surface area contributed by atoms with E-state index in [0.29, 0.717) is 19.8 Å². The summed E-state index contributed by atoms with van der Waals surface area (Å²) in [5, 5.41) is 12.1. The summed E-state index contributed by atoms with van der Waals surface area (Å²) in [5.41, 5.74) is 0. The van der Waals surface area contributed by atoms with E-state index in [4.69, 9.17) is 19.5 Å². The quantitative estimate of drug-likeness (QED) is 0.199. The number of hydrogen-bond donors (Lipinski definition) is 0. The molecule has 0 aliphatic carbocycles. The molecule has 0 radical (unpaired) electrons. The molecule has 0 N–H and O–H groups in total. The van der Waals surface area contributed by atoms with Crippen molar-refractivity contribution in [3.05, 3.63) is 71.4 Å². The van der Waals surface area contributed by atoms with Crippen LogP contribution in [0.1, 0.15) is 12.8 Å². The molecule has 0 heterocycles. The Morgan fingerprint density at radius 1 is 0.625 bits per heavy atom. The largest absolute Gasteiger partial charge is 0.385 e. The summed E-state index contributed by atoms with van der Waals surface area (Å²) >= 11 is 0. The van der Waals surface area contributed by atoms with Gasteiger partial charge in [0.05, 0.1) is 10.7 Å². The molecule has 0 fully saturated rings. The van der Waals surface area contributed by atoms with Crippen LogP contribution in [0.5, 0.6) is 0 Å². The first-order valence-electron chi connectivity index (χ1n) is 11.3. The van der Waals surface area contributed by atoms with E-state index in [1.165, 1.54) is 43.1 Å². The summed E-state index contributed by atoms with van der Waals surface area (Å²) in [5.74, 6) is 0. The molecule has 0 saturated carbocycles. The van der Waals surface area contributed by atoms with Gasteiger partial charge in [-0.15, -0.1) is 0 Å². The second-order valence-corrected chi connectivity index (χ2v) is 8.19. The lowest BCUT2D eigenvalue weighted by atomic mass is 9.89. The van der Waals surface area contributed by atoms with Crippen molar-refractivity contribution in [2.24, 2.45) is 9.98 Å². The van der Waals surface area contributed by atoms with E-state index in [2.05, 4.69) is 60.7 Å². The first-order valence-corrected chi connectivity index (χ1v) is 11.3. The zero-order valence-electron chi connectivity index (χ0n) is 18.7. The number of nitrogens with zero attached hydrogens (tertiary/aromatic N) is 2. The standard InChI is InChI=1S/C28H28N2O2/c1-31-16-6-14-29-24-18-20-10-5-12-22-21-11-3-8-19-9-4-13-23(25(19)21)27(26(20)22)28(24)30-15-7-17-32-2/h3-5,8-13,18H,6-7,14-17H2,1-2H3. The minimum atomic E-state index is 0.705. The fraction of sp³-hybridized carbons (Fsp3) is 0.286. The second kappa shape index (κ2) is 9.19. The highest BCUT2D eigenvalue weighted by Gasteiger charge is 2.15. The van der Waals surface area contributed by atoms with Gasteiger partial charge in [0.25, 0.3) is 0 Å². The number of fused-ring (bicyclic) bond motifs is 2. The number of rotatable bonds is 8. The van der Waals surface area contributed by atoms with Crippen molar-refractivity contribution in [2.75, 3.05) is 40.5 Å². The molecule has 32 heavy (non-hydrogen) atoms. The predicted molar refractivity (Wildman–Crippen MR) is 133 cm³/mol. The molecule has 5 aromatic rings. The molecule has 0 unspecified atom stereocenters. The number of benzene rings is 5. The fourth-order valence-electron chi connectivity index (χ4n) is 4.78. The van der Waals surface area contributed by atoms with Gasteiger partial charge in [0.1, 0.15) is 0 Å². The van der Waals surface area contributed by atoms with Crippen molar-refractivity contribution in [2.45, 2.75) is 12.8 Å². The van der Waals surface area contributed by atoms with Crippen LogP contribution < -0.4 is 10.7 Å². The summed E-state index contributed by atoms with van der Waals surface area (Å²) < 4.78 is 10.5. The molecular weight excluding hydrogens is 396 g/mol. The fourth-order valence-corrected chi connectivity index (χ4v) is 4.78. The van der Waals surface area contributed by atoms with E-state index >= 15 is 0 Å². The average Bonchev–Trinajstić information content (AvgIpc) is 2.83. The van der Waals surface area contributed by atoms with Gasteiger partial charge in [0.15, 0.2) is 0 Å². The van der Waals surface area contributed by atoms with Gasteiger partial charge in [-0.3, -0.25) is 9.98 Å². The van der Waals surface area contributed by atoms with Gasteiger partial charge in [-0.05, 0) is 56.6 Å².